The zero-order valence-corrected chi connectivity index (χ0v) is 14.5. The zero-order chi connectivity index (χ0) is 16.5. The van der Waals surface area contributed by atoms with Crippen molar-refractivity contribution in [2.24, 2.45) is 0 Å². The lowest BCUT2D eigenvalue weighted by atomic mass is 10.1. The van der Waals surface area contributed by atoms with Crippen LogP contribution in [0.15, 0.2) is 12.1 Å². The fourth-order valence-corrected chi connectivity index (χ4v) is 2.56. The second-order valence-corrected chi connectivity index (χ2v) is 7.11. The van der Waals surface area contributed by atoms with E-state index in [1.54, 1.807) is 4.90 Å². The Morgan fingerprint density at radius 2 is 2.05 bits per heavy atom. The monoisotopic (exact) mass is 305 g/mol. The summed E-state index contributed by atoms with van der Waals surface area (Å²) in [6, 6.07) is 2.48. The number of nitrogens with zero attached hydrogens (tertiary/aromatic N) is 3. The minimum atomic E-state index is -0.450. The zero-order valence-electron chi connectivity index (χ0n) is 14.5. The Kier molecular flexibility index (Phi) is 4.63. The van der Waals surface area contributed by atoms with Crippen LogP contribution in [0.2, 0.25) is 0 Å². The molecule has 1 aromatic rings. The van der Waals surface area contributed by atoms with Gasteiger partial charge in [-0.2, -0.15) is 5.10 Å². The predicted octanol–water partition coefficient (Wildman–Crippen LogP) is 3.80. The molecule has 0 atom stereocenters. The van der Waals surface area contributed by atoms with Crippen molar-refractivity contribution in [3.05, 3.63) is 23.5 Å². The number of hydrogen-bond donors (Lipinski definition) is 0. The quantitative estimate of drug-likeness (QED) is 0.835. The molecule has 0 fully saturated rings. The third-order valence-electron chi connectivity index (χ3n) is 3.60. The molecule has 1 aliphatic rings. The van der Waals surface area contributed by atoms with Gasteiger partial charge in [0.15, 0.2) is 0 Å². The van der Waals surface area contributed by atoms with Crippen molar-refractivity contribution in [1.82, 2.24) is 14.7 Å². The van der Waals surface area contributed by atoms with E-state index in [0.29, 0.717) is 19.1 Å². The number of carbonyl (C=O) groups is 1. The molecule has 122 valence electrons. The fraction of sp³-hybridized carbons (Fsp3) is 0.647. The topological polar surface area (TPSA) is 47.4 Å². The Bertz CT molecular complexity index is 579. The summed E-state index contributed by atoms with van der Waals surface area (Å²) in [5.41, 5.74) is 2.95. The van der Waals surface area contributed by atoms with E-state index in [0.717, 1.165) is 12.1 Å². The number of carbonyl (C=O) groups excluding carboxylic acids is 1. The average molecular weight is 305 g/mol. The Balaban J connectivity index is 2.05. The van der Waals surface area contributed by atoms with Gasteiger partial charge in [-0.3, -0.25) is 4.68 Å². The first-order chi connectivity index (χ1) is 10.2. The van der Waals surface area contributed by atoms with E-state index in [2.05, 4.69) is 38.0 Å². The van der Waals surface area contributed by atoms with E-state index in [1.807, 2.05) is 25.5 Å². The van der Waals surface area contributed by atoms with Crippen LogP contribution in [-0.4, -0.2) is 39.5 Å². The van der Waals surface area contributed by atoms with Gasteiger partial charge in [0.1, 0.15) is 5.60 Å². The summed E-state index contributed by atoms with van der Waals surface area (Å²) >= 11 is 0. The van der Waals surface area contributed by atoms with Gasteiger partial charge in [0.05, 0.1) is 5.69 Å². The van der Waals surface area contributed by atoms with Gasteiger partial charge in [-0.15, -0.1) is 0 Å². The highest BCUT2D eigenvalue weighted by molar-refractivity contribution is 5.71. The highest BCUT2D eigenvalue weighted by atomic mass is 16.6. The molecule has 0 saturated carbocycles. The second-order valence-electron chi connectivity index (χ2n) is 7.11. The lowest BCUT2D eigenvalue weighted by Crippen LogP contribution is -2.39. The molecular formula is C17H27N3O2. The summed E-state index contributed by atoms with van der Waals surface area (Å²) in [6.45, 7) is 13.2. The normalized spacial score (nSPS) is 16.0. The molecule has 5 nitrogen and oxygen atoms in total. The fourth-order valence-electron chi connectivity index (χ4n) is 2.56. The van der Waals surface area contributed by atoms with Crippen LogP contribution in [0, 0.1) is 6.92 Å². The maximum Gasteiger partial charge on any atom is 0.410 e. The van der Waals surface area contributed by atoms with Crippen molar-refractivity contribution in [1.29, 1.82) is 0 Å². The lowest BCUT2D eigenvalue weighted by molar-refractivity contribution is 0.0270. The van der Waals surface area contributed by atoms with Crippen molar-refractivity contribution >= 4 is 11.7 Å². The lowest BCUT2D eigenvalue weighted by Gasteiger charge is -2.29. The summed E-state index contributed by atoms with van der Waals surface area (Å²) < 4.78 is 7.45. The summed E-state index contributed by atoms with van der Waals surface area (Å²) in [6.07, 6.45) is 2.65. The molecule has 2 heterocycles. The molecule has 0 unspecified atom stereocenters. The smallest absolute Gasteiger partial charge is 0.410 e. The molecule has 0 aromatic carbocycles. The van der Waals surface area contributed by atoms with E-state index in [9.17, 15) is 4.79 Å². The standard InChI is InChI=1S/C17H27N3O2/c1-12(2)20-13(3)11-15(18-20)14-7-9-19(10-8-14)16(21)22-17(4,5)6/h7,11-12H,8-10H2,1-6H3. The SMILES string of the molecule is Cc1cc(C2=CCN(C(=O)OC(C)(C)C)CC2)nn1C(C)C. The molecule has 0 N–H and O–H groups in total. The van der Waals surface area contributed by atoms with Crippen LogP contribution in [0.1, 0.15) is 58.5 Å². The molecule has 2 rings (SSSR count). The number of ether oxygens (including phenoxy) is 1. The number of amides is 1. The molecule has 22 heavy (non-hydrogen) atoms. The summed E-state index contributed by atoms with van der Waals surface area (Å²) in [4.78, 5) is 13.8. The second kappa shape index (κ2) is 6.15. The first-order valence-corrected chi connectivity index (χ1v) is 7.91. The largest absolute Gasteiger partial charge is 0.444 e. The number of hydrogen-bond acceptors (Lipinski definition) is 3. The van der Waals surface area contributed by atoms with Crippen molar-refractivity contribution in [3.63, 3.8) is 0 Å². The first kappa shape index (κ1) is 16.6. The highest BCUT2D eigenvalue weighted by Gasteiger charge is 2.24. The van der Waals surface area contributed by atoms with Gasteiger partial charge in [-0.05, 0) is 59.6 Å². The van der Waals surface area contributed by atoms with Crippen molar-refractivity contribution in [3.8, 4) is 0 Å². The average Bonchev–Trinajstić information content (AvgIpc) is 2.79. The maximum atomic E-state index is 12.1. The molecule has 0 bridgehead atoms. The molecular weight excluding hydrogens is 278 g/mol. The van der Waals surface area contributed by atoms with Crippen LogP contribution in [0.3, 0.4) is 0 Å². The van der Waals surface area contributed by atoms with Gasteiger partial charge in [-0.1, -0.05) is 6.08 Å². The van der Waals surface area contributed by atoms with Gasteiger partial charge in [0.25, 0.3) is 0 Å². The minimum absolute atomic E-state index is 0.244. The summed E-state index contributed by atoms with van der Waals surface area (Å²) in [5, 5.41) is 4.68. The van der Waals surface area contributed by atoms with E-state index < -0.39 is 5.60 Å². The van der Waals surface area contributed by atoms with Gasteiger partial charge >= 0.3 is 6.09 Å². The molecule has 0 radical (unpaired) electrons. The van der Waals surface area contributed by atoms with E-state index in [4.69, 9.17) is 4.74 Å². The molecule has 0 saturated heterocycles. The maximum absolute atomic E-state index is 12.1. The third kappa shape index (κ3) is 3.90. The van der Waals surface area contributed by atoms with Gasteiger partial charge in [0, 0.05) is 24.8 Å². The van der Waals surface area contributed by atoms with Crippen LogP contribution in [0.25, 0.3) is 5.57 Å². The minimum Gasteiger partial charge on any atom is -0.444 e. The number of rotatable bonds is 2. The van der Waals surface area contributed by atoms with E-state index in [1.165, 1.54) is 11.3 Å². The van der Waals surface area contributed by atoms with Crippen LogP contribution in [-0.2, 0) is 4.74 Å². The number of aryl methyl sites for hydroxylation is 1. The first-order valence-electron chi connectivity index (χ1n) is 7.91. The Morgan fingerprint density at radius 3 is 2.50 bits per heavy atom. The van der Waals surface area contributed by atoms with Gasteiger partial charge in [-0.25, -0.2) is 4.79 Å². The molecule has 1 aromatic heterocycles. The van der Waals surface area contributed by atoms with Crippen LogP contribution in [0.5, 0.6) is 0 Å². The Hall–Kier alpha value is -1.78. The van der Waals surface area contributed by atoms with E-state index in [-0.39, 0.29) is 6.09 Å². The Morgan fingerprint density at radius 1 is 1.36 bits per heavy atom. The van der Waals surface area contributed by atoms with Crippen molar-refractivity contribution < 1.29 is 9.53 Å². The predicted molar refractivity (Wildman–Crippen MR) is 87.8 cm³/mol. The van der Waals surface area contributed by atoms with Gasteiger partial charge in [0.2, 0.25) is 0 Å². The number of aromatic nitrogens is 2. The van der Waals surface area contributed by atoms with Crippen molar-refractivity contribution in [2.45, 2.75) is 59.6 Å². The summed E-state index contributed by atoms with van der Waals surface area (Å²) in [7, 11) is 0. The molecule has 1 amide bonds. The third-order valence-corrected chi connectivity index (χ3v) is 3.60. The highest BCUT2D eigenvalue weighted by Crippen LogP contribution is 2.24. The van der Waals surface area contributed by atoms with Gasteiger partial charge < -0.3 is 9.64 Å². The molecule has 0 aliphatic carbocycles. The van der Waals surface area contributed by atoms with E-state index >= 15 is 0 Å². The molecule has 1 aliphatic heterocycles. The van der Waals surface area contributed by atoms with Crippen molar-refractivity contribution in [2.75, 3.05) is 13.1 Å². The van der Waals surface area contributed by atoms with Crippen LogP contribution >= 0.6 is 0 Å². The van der Waals surface area contributed by atoms with Crippen LogP contribution in [0.4, 0.5) is 4.79 Å². The summed E-state index contributed by atoms with van der Waals surface area (Å²) in [5.74, 6) is 0. The molecule has 5 heteroatoms. The molecule has 0 spiro atoms. The van der Waals surface area contributed by atoms with Crippen LogP contribution < -0.4 is 0 Å². The Labute approximate surface area is 132 Å².